The van der Waals surface area contributed by atoms with Crippen LogP contribution in [-0.2, 0) is 60.7 Å². The molecular weight excluding hydrogens is 1230 g/mol. The molecule has 8 N–H and O–H groups in total. The number of para-hydroxylation sites is 2. The normalized spacial score (nSPS) is 13.3. The van der Waals surface area contributed by atoms with E-state index in [1.165, 1.54) is 18.2 Å². The second kappa shape index (κ2) is 20.7. The Bertz CT molecular complexity index is 5180. The van der Waals surface area contributed by atoms with Crippen LogP contribution < -0.4 is 4.74 Å². The largest absolute Gasteiger partial charge is 0.505 e. The predicted octanol–water partition coefficient (Wildman–Crippen LogP) is 8.44. The van der Waals surface area contributed by atoms with E-state index in [9.17, 15) is 93.3 Å². The van der Waals surface area contributed by atoms with Gasteiger partial charge in [-0.3, -0.25) is 31.7 Å². The first-order chi connectivity index (χ1) is 38.1. The number of phenols is 1. The van der Waals surface area contributed by atoms with Crippen molar-refractivity contribution in [3.63, 3.8) is 0 Å². The minimum Gasteiger partial charge on any atom is -0.505 e. The summed E-state index contributed by atoms with van der Waals surface area (Å²) in [6.07, 6.45) is -0.372. The summed E-state index contributed by atoms with van der Waals surface area (Å²) in [6.45, 7) is 2.25. The monoisotopic (exact) mass is 1260 g/mol. The fourth-order valence-corrected chi connectivity index (χ4v) is 13.3. The van der Waals surface area contributed by atoms with E-state index in [0.717, 1.165) is 30.3 Å². The Balaban J connectivity index is 1.15. The molecule has 0 aliphatic rings. The Labute approximate surface area is 464 Å². The van der Waals surface area contributed by atoms with Gasteiger partial charge >= 0.3 is 0 Å². The first-order valence-corrected chi connectivity index (χ1v) is 31.8. The predicted molar refractivity (Wildman–Crippen MR) is 286 cm³/mol. The van der Waals surface area contributed by atoms with Crippen LogP contribution >= 0.6 is 11.3 Å². The molecule has 0 saturated heterocycles. The summed E-state index contributed by atoms with van der Waals surface area (Å²) < 4.78 is 216. The van der Waals surface area contributed by atoms with Crippen LogP contribution in [0.5, 0.6) is 17.4 Å². The van der Waals surface area contributed by atoms with Crippen LogP contribution in [0.2, 0.25) is 0 Å². The maximum atomic E-state index is 13.1. The fraction of sp³-hybridized carbons (Fsp3) is 0.114. The standard InChI is InChI=1S/C44H32N10O21S7/c1-19-12-30(32(75-10-5-11-77(57,58)59)17-29(19)49-53-44-47-38-35(81(69,70)71)15-23-24(40(38)76-44)13-21(78(60,61)62)14-33(23)79(63,64)65)50-52-37-34(80(66,67)68)16-25-22(39(37)55)8-9-28(41(25)82(72,73)74)48-51-36-20(2)26(18-45)42-46-27-6-3-4-7-31(27)54(42)43(36)56/h3-4,6-9,12-17,55-56H,5,10-11H2,1-2H3,(H,57,58,59)(H,60,61,62)(H,63,64,65)(H,66,67,68)(H,69,70,71)(H,72,73,74). The number of aryl methyl sites for hydroxylation is 1. The average molecular weight is 1260 g/mol. The molecule has 0 amide bonds. The van der Waals surface area contributed by atoms with Gasteiger partial charge in [0.2, 0.25) is 11.0 Å². The summed E-state index contributed by atoms with van der Waals surface area (Å²) >= 11 is 0.448. The number of benzene rings is 6. The van der Waals surface area contributed by atoms with Crippen molar-refractivity contribution >= 4 is 154 Å². The van der Waals surface area contributed by atoms with Gasteiger partial charge in [0.15, 0.2) is 17.1 Å². The van der Waals surface area contributed by atoms with Crippen LogP contribution in [0.25, 0.3) is 48.4 Å². The lowest BCUT2D eigenvalue weighted by Crippen LogP contribution is -2.08. The summed E-state index contributed by atoms with van der Waals surface area (Å²) in [6, 6.07) is 14.7. The second-order valence-electron chi connectivity index (χ2n) is 17.3. The maximum Gasteiger partial charge on any atom is 0.297 e. The molecular formula is C44H32N10O21S7. The lowest BCUT2D eigenvalue weighted by molar-refractivity contribution is 0.317. The number of pyridine rings is 1. The Morgan fingerprint density at radius 1 is 0.622 bits per heavy atom. The molecule has 0 unspecified atom stereocenters. The Hall–Kier alpha value is -8.17. The molecule has 3 heterocycles. The molecule has 0 bridgehead atoms. The maximum absolute atomic E-state index is 13.1. The molecule has 82 heavy (non-hydrogen) atoms. The van der Waals surface area contributed by atoms with Crippen LogP contribution in [0.1, 0.15) is 23.1 Å². The zero-order chi connectivity index (χ0) is 60.0. The van der Waals surface area contributed by atoms with E-state index in [1.807, 2.05) is 6.07 Å². The van der Waals surface area contributed by atoms with Gasteiger partial charge in [0.05, 0.1) is 38.7 Å². The molecule has 31 nitrogen and oxygen atoms in total. The molecule has 0 atom stereocenters. The Morgan fingerprint density at radius 2 is 1.26 bits per heavy atom. The van der Waals surface area contributed by atoms with E-state index in [4.69, 9.17) is 4.74 Å². The number of rotatable bonds is 16. The highest BCUT2D eigenvalue weighted by atomic mass is 32.2. The van der Waals surface area contributed by atoms with E-state index >= 15 is 0 Å². The summed E-state index contributed by atoms with van der Waals surface area (Å²) in [4.78, 5) is 2.68. The van der Waals surface area contributed by atoms with Gasteiger partial charge in [-0.15, -0.1) is 30.7 Å². The minimum absolute atomic E-state index is 0.0337. The number of phenolic OH excluding ortho intramolecular Hbond substituents is 1. The fourth-order valence-electron chi connectivity index (χ4n) is 8.34. The van der Waals surface area contributed by atoms with E-state index < -0.39 is 153 Å². The number of fused-ring (bicyclic) bond motifs is 7. The first kappa shape index (κ1) is 58.5. The van der Waals surface area contributed by atoms with E-state index in [0.29, 0.717) is 40.6 Å². The number of hydrogen-bond donors (Lipinski definition) is 8. The molecule has 9 rings (SSSR count). The molecule has 0 fully saturated rings. The number of aromatic hydroxyl groups is 2. The highest BCUT2D eigenvalue weighted by molar-refractivity contribution is 7.87. The van der Waals surface area contributed by atoms with E-state index in [1.54, 1.807) is 24.3 Å². The van der Waals surface area contributed by atoms with E-state index in [-0.39, 0.29) is 56.3 Å². The smallest absolute Gasteiger partial charge is 0.297 e. The zero-order valence-electron chi connectivity index (χ0n) is 40.8. The number of azo groups is 3. The molecule has 9 aromatic rings. The Morgan fingerprint density at radius 3 is 1.89 bits per heavy atom. The summed E-state index contributed by atoms with van der Waals surface area (Å²) in [7, 11) is -31.4. The third-order valence-electron chi connectivity index (χ3n) is 11.9. The van der Waals surface area contributed by atoms with Crippen LogP contribution in [0.3, 0.4) is 0 Å². The van der Waals surface area contributed by atoms with Crippen LogP contribution in [0.15, 0.2) is 128 Å². The third kappa shape index (κ3) is 11.3. The van der Waals surface area contributed by atoms with Gasteiger partial charge in [0.25, 0.3) is 60.7 Å². The van der Waals surface area contributed by atoms with Crippen LogP contribution in [0.4, 0.5) is 33.6 Å². The SMILES string of the molecule is Cc1cc(N=Nc2c(S(=O)(=O)O)cc3c(S(=O)(=O)O)c(N=Nc4c(C)c(C#N)c5nc6ccccc6n5c4O)ccc3c2O)c(OCCCS(=O)(=O)O)cc1N=Nc1nc2c(S(=O)(=O)O)cc3c(S(=O)(=O)O)cc(S(=O)(=O)O)cc3c2s1. The van der Waals surface area contributed by atoms with Gasteiger partial charge in [-0.05, 0) is 80.4 Å². The molecule has 0 saturated carbocycles. The average Bonchev–Trinajstić information content (AvgIpc) is 1.87. The summed E-state index contributed by atoms with van der Waals surface area (Å²) in [5.41, 5.74) is -2.42. The molecule has 6 aromatic carbocycles. The number of aromatic nitrogens is 3. The summed E-state index contributed by atoms with van der Waals surface area (Å²) in [5, 5.41) is 54.0. The van der Waals surface area contributed by atoms with E-state index in [2.05, 4.69) is 40.7 Å². The van der Waals surface area contributed by atoms with Crippen LogP contribution in [0, 0.1) is 25.2 Å². The topological polar surface area (TPSA) is 504 Å². The molecule has 0 spiro atoms. The number of ether oxygens (including phenoxy) is 1. The second-order valence-corrected chi connectivity index (χ2v) is 26.8. The molecule has 0 radical (unpaired) electrons. The molecule has 3 aromatic heterocycles. The van der Waals surface area contributed by atoms with Gasteiger partial charge in [-0.25, -0.2) is 9.97 Å². The van der Waals surface area contributed by atoms with Gasteiger partial charge in [0, 0.05) is 33.2 Å². The van der Waals surface area contributed by atoms with Gasteiger partial charge in [0.1, 0.15) is 59.5 Å². The summed E-state index contributed by atoms with van der Waals surface area (Å²) in [5.74, 6) is -2.96. The lowest BCUT2D eigenvalue weighted by atomic mass is 10.1. The highest BCUT2D eigenvalue weighted by Crippen LogP contribution is 2.48. The number of imidazole rings is 1. The number of thiazole rings is 1. The number of nitriles is 1. The van der Waals surface area contributed by atoms with Crippen molar-refractivity contribution in [1.29, 1.82) is 5.26 Å². The van der Waals surface area contributed by atoms with Gasteiger partial charge in [-0.1, -0.05) is 23.5 Å². The quantitative estimate of drug-likeness (QED) is 0.0255. The van der Waals surface area contributed by atoms with Gasteiger partial charge < -0.3 is 14.9 Å². The van der Waals surface area contributed by atoms with Crippen molar-refractivity contribution in [1.82, 2.24) is 14.4 Å². The molecule has 426 valence electrons. The van der Waals surface area contributed by atoms with Crippen molar-refractivity contribution in [2.45, 2.75) is 44.7 Å². The molecule has 0 aliphatic carbocycles. The van der Waals surface area contributed by atoms with Crippen molar-refractivity contribution in [3.05, 3.63) is 89.5 Å². The minimum atomic E-state index is -5.56. The third-order valence-corrected chi connectivity index (χ3v) is 18.1. The zero-order valence-corrected chi connectivity index (χ0v) is 46.5. The van der Waals surface area contributed by atoms with Crippen LogP contribution in [-0.4, -0.2) is 115 Å². The lowest BCUT2D eigenvalue weighted by Gasteiger charge is -2.13. The molecule has 38 heteroatoms. The highest BCUT2D eigenvalue weighted by Gasteiger charge is 2.31. The van der Waals surface area contributed by atoms with Gasteiger partial charge in [-0.2, -0.15) is 55.8 Å². The van der Waals surface area contributed by atoms with Crippen molar-refractivity contribution < 1.29 is 92.8 Å². The Kier molecular flexibility index (Phi) is 14.7. The van der Waals surface area contributed by atoms with Crippen molar-refractivity contribution in [2.75, 3.05) is 12.4 Å². The van der Waals surface area contributed by atoms with Crippen molar-refractivity contribution in [3.8, 4) is 23.4 Å². The first-order valence-electron chi connectivity index (χ1n) is 22.2. The molecule has 0 aliphatic heterocycles. The number of nitrogens with zero attached hydrogens (tertiary/aromatic N) is 10. The van der Waals surface area contributed by atoms with Crippen molar-refractivity contribution in [2.24, 2.45) is 30.7 Å². The number of hydrogen-bond acceptors (Lipinski definition) is 25.